The van der Waals surface area contributed by atoms with E-state index in [9.17, 15) is 4.79 Å². The van der Waals surface area contributed by atoms with Crippen molar-refractivity contribution < 1.29 is 4.79 Å². The molecular formula is C10H8BrNOS2. The van der Waals surface area contributed by atoms with Crippen molar-refractivity contribution in [2.75, 3.05) is 0 Å². The van der Waals surface area contributed by atoms with Crippen LogP contribution in [0.4, 0.5) is 0 Å². The van der Waals surface area contributed by atoms with E-state index in [4.69, 9.17) is 0 Å². The summed E-state index contributed by atoms with van der Waals surface area (Å²) in [5.74, 6) is -0.0228. The van der Waals surface area contributed by atoms with Gasteiger partial charge in [-0.3, -0.25) is 4.79 Å². The number of hydrogen-bond acceptors (Lipinski definition) is 3. The molecule has 0 aliphatic rings. The van der Waals surface area contributed by atoms with Gasteiger partial charge in [0.2, 0.25) is 0 Å². The van der Waals surface area contributed by atoms with E-state index in [0.29, 0.717) is 12.1 Å². The van der Waals surface area contributed by atoms with Gasteiger partial charge in [0, 0.05) is 10.3 Å². The Hall–Kier alpha value is -0.650. The van der Waals surface area contributed by atoms with E-state index < -0.39 is 0 Å². The molecule has 0 unspecified atom stereocenters. The van der Waals surface area contributed by atoms with Gasteiger partial charge in [0.15, 0.2) is 0 Å². The first-order valence-corrected chi connectivity index (χ1v) is 6.85. The van der Waals surface area contributed by atoms with Crippen LogP contribution in [0.1, 0.15) is 15.2 Å². The van der Waals surface area contributed by atoms with Crippen molar-refractivity contribution in [3.05, 3.63) is 43.2 Å². The smallest absolute Gasteiger partial charge is 0.252 e. The van der Waals surface area contributed by atoms with Gasteiger partial charge in [0.05, 0.1) is 15.9 Å². The van der Waals surface area contributed by atoms with Gasteiger partial charge in [-0.15, -0.1) is 22.7 Å². The SMILES string of the molecule is O=C(NCc1cccs1)c1csc(Br)c1. The van der Waals surface area contributed by atoms with Gasteiger partial charge in [-0.2, -0.15) is 0 Å². The minimum absolute atomic E-state index is 0.0228. The molecule has 0 spiro atoms. The van der Waals surface area contributed by atoms with Crippen molar-refractivity contribution in [1.82, 2.24) is 5.32 Å². The zero-order valence-corrected chi connectivity index (χ0v) is 10.9. The predicted molar refractivity (Wildman–Crippen MR) is 67.5 cm³/mol. The van der Waals surface area contributed by atoms with Crippen LogP contribution in [0.25, 0.3) is 0 Å². The average Bonchev–Trinajstić information content (AvgIpc) is 2.84. The second-order valence-electron chi connectivity index (χ2n) is 2.90. The van der Waals surface area contributed by atoms with Crippen LogP contribution in [0.2, 0.25) is 0 Å². The Morgan fingerprint density at radius 1 is 1.47 bits per heavy atom. The summed E-state index contributed by atoms with van der Waals surface area (Å²) >= 11 is 6.49. The second-order valence-corrected chi connectivity index (χ2v) is 6.22. The van der Waals surface area contributed by atoms with Gasteiger partial charge in [-0.1, -0.05) is 6.07 Å². The number of rotatable bonds is 3. The summed E-state index contributed by atoms with van der Waals surface area (Å²) in [6, 6.07) is 5.82. The van der Waals surface area contributed by atoms with E-state index in [-0.39, 0.29) is 5.91 Å². The fourth-order valence-corrected chi connectivity index (χ4v) is 2.89. The van der Waals surface area contributed by atoms with Crippen molar-refractivity contribution in [3.8, 4) is 0 Å². The lowest BCUT2D eigenvalue weighted by atomic mass is 10.3. The van der Waals surface area contributed by atoms with Crippen LogP contribution in [0.3, 0.4) is 0 Å². The molecule has 2 heterocycles. The van der Waals surface area contributed by atoms with Crippen molar-refractivity contribution in [2.24, 2.45) is 0 Å². The molecule has 0 saturated heterocycles. The molecule has 2 rings (SSSR count). The molecule has 2 nitrogen and oxygen atoms in total. The predicted octanol–water partition coefficient (Wildman–Crippen LogP) is 3.50. The van der Waals surface area contributed by atoms with Crippen molar-refractivity contribution in [2.45, 2.75) is 6.54 Å². The fraction of sp³-hybridized carbons (Fsp3) is 0.100. The average molecular weight is 302 g/mol. The molecule has 5 heteroatoms. The highest BCUT2D eigenvalue weighted by Crippen LogP contribution is 2.20. The summed E-state index contributed by atoms with van der Waals surface area (Å²) in [6.45, 7) is 0.601. The van der Waals surface area contributed by atoms with Crippen LogP contribution in [0.15, 0.2) is 32.7 Å². The molecule has 0 saturated carbocycles. The van der Waals surface area contributed by atoms with E-state index in [2.05, 4.69) is 21.2 Å². The van der Waals surface area contributed by atoms with Crippen LogP contribution in [0.5, 0.6) is 0 Å². The molecule has 0 radical (unpaired) electrons. The maximum absolute atomic E-state index is 11.6. The first-order chi connectivity index (χ1) is 7.25. The highest BCUT2D eigenvalue weighted by atomic mass is 79.9. The first kappa shape index (κ1) is 10.9. The van der Waals surface area contributed by atoms with Gasteiger partial charge in [0.1, 0.15) is 0 Å². The summed E-state index contributed by atoms with van der Waals surface area (Å²) in [4.78, 5) is 12.8. The second kappa shape index (κ2) is 4.92. The van der Waals surface area contributed by atoms with Crippen molar-refractivity contribution >= 4 is 44.5 Å². The summed E-state index contributed by atoms with van der Waals surface area (Å²) in [7, 11) is 0. The maximum Gasteiger partial charge on any atom is 0.252 e. The molecule has 78 valence electrons. The largest absolute Gasteiger partial charge is 0.347 e. The Labute approximate surface area is 104 Å². The van der Waals surface area contributed by atoms with Crippen LogP contribution in [-0.4, -0.2) is 5.91 Å². The molecular weight excluding hydrogens is 294 g/mol. The summed E-state index contributed by atoms with van der Waals surface area (Å²) in [5, 5.41) is 6.72. The van der Waals surface area contributed by atoms with Gasteiger partial charge in [-0.25, -0.2) is 0 Å². The number of nitrogens with one attached hydrogen (secondary N) is 1. The third-order valence-corrected chi connectivity index (χ3v) is 4.21. The Morgan fingerprint density at radius 3 is 2.93 bits per heavy atom. The Morgan fingerprint density at radius 2 is 2.33 bits per heavy atom. The molecule has 1 N–H and O–H groups in total. The standard InChI is InChI=1S/C10H8BrNOS2/c11-9-4-7(6-15-9)10(13)12-5-8-2-1-3-14-8/h1-4,6H,5H2,(H,12,13). The lowest BCUT2D eigenvalue weighted by Crippen LogP contribution is -2.21. The third kappa shape index (κ3) is 2.90. The normalized spacial score (nSPS) is 10.2. The molecule has 0 bridgehead atoms. The van der Waals surface area contributed by atoms with Gasteiger partial charge in [0.25, 0.3) is 5.91 Å². The number of carbonyl (C=O) groups excluding carboxylic acids is 1. The Kier molecular flexibility index (Phi) is 3.56. The summed E-state index contributed by atoms with van der Waals surface area (Å²) in [5.41, 5.74) is 0.712. The van der Waals surface area contributed by atoms with Crippen molar-refractivity contribution in [1.29, 1.82) is 0 Å². The quantitative estimate of drug-likeness (QED) is 0.923. The highest BCUT2D eigenvalue weighted by Gasteiger charge is 2.07. The lowest BCUT2D eigenvalue weighted by molar-refractivity contribution is 0.0952. The number of amides is 1. The summed E-state index contributed by atoms with van der Waals surface area (Å²) < 4.78 is 0.976. The molecule has 2 aromatic rings. The van der Waals surface area contributed by atoms with E-state index in [1.807, 2.05) is 29.0 Å². The van der Waals surface area contributed by atoms with E-state index in [0.717, 1.165) is 8.66 Å². The topological polar surface area (TPSA) is 29.1 Å². The molecule has 2 aromatic heterocycles. The number of hydrogen-bond donors (Lipinski definition) is 1. The third-order valence-electron chi connectivity index (χ3n) is 1.83. The molecule has 1 amide bonds. The van der Waals surface area contributed by atoms with Crippen LogP contribution in [0, 0.1) is 0 Å². The van der Waals surface area contributed by atoms with Crippen molar-refractivity contribution in [3.63, 3.8) is 0 Å². The lowest BCUT2D eigenvalue weighted by Gasteiger charge is -2.00. The van der Waals surface area contributed by atoms with Crippen LogP contribution in [-0.2, 0) is 6.54 Å². The first-order valence-electron chi connectivity index (χ1n) is 4.30. The van der Waals surface area contributed by atoms with Gasteiger partial charge in [-0.05, 0) is 33.4 Å². The maximum atomic E-state index is 11.6. The Balaban J connectivity index is 1.93. The number of carbonyl (C=O) groups is 1. The molecule has 0 aliphatic carbocycles. The molecule has 0 atom stereocenters. The molecule has 15 heavy (non-hydrogen) atoms. The number of thiophene rings is 2. The zero-order chi connectivity index (χ0) is 10.7. The number of halogens is 1. The monoisotopic (exact) mass is 301 g/mol. The fourth-order valence-electron chi connectivity index (χ4n) is 1.11. The van der Waals surface area contributed by atoms with E-state index >= 15 is 0 Å². The Bertz CT molecular complexity index is 450. The van der Waals surface area contributed by atoms with Gasteiger partial charge < -0.3 is 5.32 Å². The van der Waals surface area contributed by atoms with Crippen LogP contribution < -0.4 is 5.32 Å². The van der Waals surface area contributed by atoms with E-state index in [1.54, 1.807) is 11.3 Å². The zero-order valence-electron chi connectivity index (χ0n) is 7.70. The minimum atomic E-state index is -0.0228. The van der Waals surface area contributed by atoms with Crippen LogP contribution >= 0.6 is 38.6 Å². The molecule has 0 fully saturated rings. The summed E-state index contributed by atoms with van der Waals surface area (Å²) in [6.07, 6.45) is 0. The highest BCUT2D eigenvalue weighted by molar-refractivity contribution is 9.11. The van der Waals surface area contributed by atoms with E-state index in [1.165, 1.54) is 11.3 Å². The minimum Gasteiger partial charge on any atom is -0.347 e. The molecule has 0 aliphatic heterocycles. The molecule has 0 aromatic carbocycles. The van der Waals surface area contributed by atoms with Gasteiger partial charge >= 0.3 is 0 Å².